The van der Waals surface area contributed by atoms with Crippen molar-refractivity contribution in [3.8, 4) is 0 Å². The number of anilines is 1. The molecule has 1 aromatic carbocycles. The van der Waals surface area contributed by atoms with E-state index in [-0.39, 0.29) is 30.2 Å². The number of carbonyl (C=O) groups excluding carboxylic acids is 1. The third-order valence-electron chi connectivity index (χ3n) is 3.96. The predicted octanol–water partition coefficient (Wildman–Crippen LogP) is 2.69. The summed E-state index contributed by atoms with van der Waals surface area (Å²) in [4.78, 5) is 31.0. The molecule has 0 saturated carbocycles. The molecule has 3 N–H and O–H groups in total. The second kappa shape index (κ2) is 10.1. The number of H-pyrrole nitrogens is 1. The van der Waals surface area contributed by atoms with Crippen molar-refractivity contribution >= 4 is 23.4 Å². The molecule has 2 aromatic rings. The summed E-state index contributed by atoms with van der Waals surface area (Å²) in [5, 5.41) is 12.2. The highest BCUT2D eigenvalue weighted by Crippen LogP contribution is 2.15. The Balaban J connectivity index is 1.89. The molecule has 0 radical (unpaired) electrons. The Hall–Kier alpha value is -2.12. The van der Waals surface area contributed by atoms with E-state index in [1.165, 1.54) is 17.3 Å². The Morgan fingerprint density at radius 3 is 2.62 bits per heavy atom. The van der Waals surface area contributed by atoms with E-state index in [0.29, 0.717) is 16.4 Å². The Bertz CT molecular complexity index is 788. The Labute approximate surface area is 157 Å². The number of aliphatic hydroxyl groups is 1. The zero-order chi connectivity index (χ0) is 18.9. The van der Waals surface area contributed by atoms with Crippen LogP contribution in [0.15, 0.2) is 34.2 Å². The minimum atomic E-state index is -0.267. The predicted molar refractivity (Wildman–Crippen MR) is 105 cm³/mol. The Kier molecular flexibility index (Phi) is 7.87. The number of aromatic amines is 1. The highest BCUT2D eigenvalue weighted by atomic mass is 32.2. The molecule has 0 aliphatic carbocycles. The van der Waals surface area contributed by atoms with Crippen LogP contribution in [0.3, 0.4) is 0 Å². The molecular formula is C19H25N3O3S. The van der Waals surface area contributed by atoms with Gasteiger partial charge in [-0.1, -0.05) is 37.2 Å². The van der Waals surface area contributed by atoms with Gasteiger partial charge in [-0.25, -0.2) is 4.98 Å². The van der Waals surface area contributed by atoms with Gasteiger partial charge in [0.15, 0.2) is 5.16 Å². The number of rotatable bonds is 9. The van der Waals surface area contributed by atoms with Crippen LogP contribution in [0.25, 0.3) is 0 Å². The minimum Gasteiger partial charge on any atom is -0.396 e. The molecule has 1 heterocycles. The molecule has 2 rings (SSSR count). The Morgan fingerprint density at radius 2 is 2.00 bits per heavy atom. The van der Waals surface area contributed by atoms with Gasteiger partial charge >= 0.3 is 0 Å². The summed E-state index contributed by atoms with van der Waals surface area (Å²) in [6, 6.07) is 7.87. The van der Waals surface area contributed by atoms with Gasteiger partial charge in [0.05, 0.1) is 5.75 Å². The number of aryl methyl sites for hydroxylation is 2. The van der Waals surface area contributed by atoms with Gasteiger partial charge in [0.25, 0.3) is 5.56 Å². The van der Waals surface area contributed by atoms with Crippen molar-refractivity contribution in [3.05, 3.63) is 51.4 Å². The number of carbonyl (C=O) groups is 1. The summed E-state index contributed by atoms with van der Waals surface area (Å²) < 4.78 is 0. The molecule has 0 atom stereocenters. The van der Waals surface area contributed by atoms with Crippen molar-refractivity contribution in [2.45, 2.75) is 44.7 Å². The summed E-state index contributed by atoms with van der Waals surface area (Å²) in [5.74, 6) is -0.00434. The van der Waals surface area contributed by atoms with Gasteiger partial charge < -0.3 is 15.4 Å². The van der Waals surface area contributed by atoms with Gasteiger partial charge in [0, 0.05) is 30.0 Å². The number of aliphatic hydroxyl groups excluding tert-OH is 1. The average molecular weight is 375 g/mol. The van der Waals surface area contributed by atoms with Gasteiger partial charge in [-0.05, 0) is 37.5 Å². The highest BCUT2D eigenvalue weighted by molar-refractivity contribution is 7.99. The van der Waals surface area contributed by atoms with E-state index in [1.54, 1.807) is 6.92 Å². The lowest BCUT2D eigenvalue weighted by molar-refractivity contribution is -0.113. The first-order valence-electron chi connectivity index (χ1n) is 8.75. The van der Waals surface area contributed by atoms with Crippen molar-refractivity contribution in [2.24, 2.45) is 0 Å². The molecule has 0 spiro atoms. The minimum absolute atomic E-state index is 0.0995. The van der Waals surface area contributed by atoms with Gasteiger partial charge in [0.2, 0.25) is 5.91 Å². The van der Waals surface area contributed by atoms with E-state index in [0.717, 1.165) is 24.9 Å². The maximum atomic E-state index is 12.1. The number of thioether (sulfide) groups is 1. The molecule has 26 heavy (non-hydrogen) atoms. The number of nitrogens with one attached hydrogen (secondary N) is 2. The number of aromatic nitrogens is 2. The molecule has 0 bridgehead atoms. The van der Waals surface area contributed by atoms with E-state index in [9.17, 15) is 9.59 Å². The number of amides is 1. The highest BCUT2D eigenvalue weighted by Gasteiger charge is 2.10. The molecule has 140 valence electrons. The molecule has 1 amide bonds. The number of benzene rings is 1. The summed E-state index contributed by atoms with van der Waals surface area (Å²) in [5.41, 5.74) is 2.81. The number of hydrogen-bond acceptors (Lipinski definition) is 5. The first-order valence-corrected chi connectivity index (χ1v) is 9.74. The lowest BCUT2D eigenvalue weighted by atomic mass is 10.1. The molecular weight excluding hydrogens is 350 g/mol. The summed E-state index contributed by atoms with van der Waals surface area (Å²) in [7, 11) is 0. The van der Waals surface area contributed by atoms with Crippen molar-refractivity contribution in [1.82, 2.24) is 9.97 Å². The van der Waals surface area contributed by atoms with Crippen molar-refractivity contribution in [3.63, 3.8) is 0 Å². The van der Waals surface area contributed by atoms with Gasteiger partial charge in [-0.3, -0.25) is 9.59 Å². The monoisotopic (exact) mass is 375 g/mol. The van der Waals surface area contributed by atoms with Crippen molar-refractivity contribution in [1.29, 1.82) is 0 Å². The molecule has 7 heteroatoms. The maximum Gasteiger partial charge on any atom is 0.255 e. The van der Waals surface area contributed by atoms with Crippen LogP contribution in [-0.2, 0) is 17.6 Å². The van der Waals surface area contributed by atoms with Gasteiger partial charge in [-0.15, -0.1) is 0 Å². The number of nitrogens with zero attached hydrogens (tertiary/aromatic N) is 1. The molecule has 1 aromatic heterocycles. The third kappa shape index (κ3) is 6.00. The Morgan fingerprint density at radius 1 is 1.27 bits per heavy atom. The first kappa shape index (κ1) is 20.2. The fourth-order valence-electron chi connectivity index (χ4n) is 2.53. The van der Waals surface area contributed by atoms with Crippen LogP contribution in [0, 0.1) is 6.92 Å². The average Bonchev–Trinajstić information content (AvgIpc) is 2.62. The fraction of sp³-hybridized carbons (Fsp3) is 0.421. The van der Waals surface area contributed by atoms with Crippen LogP contribution in [0.5, 0.6) is 0 Å². The topological polar surface area (TPSA) is 95.1 Å². The first-order chi connectivity index (χ1) is 12.5. The number of hydrogen-bond donors (Lipinski definition) is 3. The van der Waals surface area contributed by atoms with E-state index in [4.69, 9.17) is 5.11 Å². The SMILES string of the molecule is CCCCc1ccc(NC(=O)CSc2nc(C)c(CCO)c(=O)[nH]2)cc1. The second-order valence-electron chi connectivity index (χ2n) is 6.05. The molecule has 6 nitrogen and oxygen atoms in total. The van der Waals surface area contributed by atoms with E-state index >= 15 is 0 Å². The largest absolute Gasteiger partial charge is 0.396 e. The summed E-state index contributed by atoms with van der Waals surface area (Å²) >= 11 is 1.18. The van der Waals surface area contributed by atoms with Crippen molar-refractivity contribution in [2.75, 3.05) is 17.7 Å². The van der Waals surface area contributed by atoms with E-state index in [2.05, 4.69) is 22.2 Å². The van der Waals surface area contributed by atoms with Crippen LogP contribution in [0.1, 0.15) is 36.6 Å². The van der Waals surface area contributed by atoms with Crippen LogP contribution in [-0.4, -0.2) is 33.3 Å². The standard InChI is InChI=1S/C19H25N3O3S/c1-3-4-5-14-6-8-15(9-7-14)21-17(24)12-26-19-20-13(2)16(10-11-23)18(25)22-19/h6-9,23H,3-5,10-12H2,1-2H3,(H,21,24)(H,20,22,25). The molecule has 0 aliphatic rings. The zero-order valence-corrected chi connectivity index (χ0v) is 16.0. The molecule has 0 aliphatic heterocycles. The third-order valence-corrected chi connectivity index (χ3v) is 4.83. The normalized spacial score (nSPS) is 10.7. The summed E-state index contributed by atoms with van der Waals surface area (Å²) in [6.45, 7) is 3.79. The quantitative estimate of drug-likeness (QED) is 0.463. The van der Waals surface area contributed by atoms with Gasteiger partial charge in [-0.2, -0.15) is 0 Å². The van der Waals surface area contributed by atoms with Gasteiger partial charge in [0.1, 0.15) is 0 Å². The molecule has 0 fully saturated rings. The van der Waals surface area contributed by atoms with Crippen LogP contribution >= 0.6 is 11.8 Å². The molecule has 0 unspecified atom stereocenters. The smallest absolute Gasteiger partial charge is 0.255 e. The second-order valence-corrected chi connectivity index (χ2v) is 7.01. The maximum absolute atomic E-state index is 12.1. The fourth-order valence-corrected chi connectivity index (χ4v) is 3.23. The lowest BCUT2D eigenvalue weighted by Gasteiger charge is -2.08. The van der Waals surface area contributed by atoms with Crippen molar-refractivity contribution < 1.29 is 9.90 Å². The van der Waals surface area contributed by atoms with E-state index < -0.39 is 0 Å². The van der Waals surface area contributed by atoms with Crippen LogP contribution < -0.4 is 10.9 Å². The van der Waals surface area contributed by atoms with E-state index in [1.807, 2.05) is 24.3 Å². The summed E-state index contributed by atoms with van der Waals surface area (Å²) in [6.07, 6.45) is 3.63. The van der Waals surface area contributed by atoms with Crippen LogP contribution in [0.4, 0.5) is 5.69 Å². The molecule has 0 saturated heterocycles. The zero-order valence-electron chi connectivity index (χ0n) is 15.2. The lowest BCUT2D eigenvalue weighted by Crippen LogP contribution is -2.19. The van der Waals surface area contributed by atoms with Crippen LogP contribution in [0.2, 0.25) is 0 Å². The number of unbranched alkanes of at least 4 members (excludes halogenated alkanes) is 1.